The molecule has 0 radical (unpaired) electrons. The summed E-state index contributed by atoms with van der Waals surface area (Å²) < 4.78 is 1.91. The van der Waals surface area contributed by atoms with E-state index in [1.807, 2.05) is 25.1 Å². The van der Waals surface area contributed by atoms with Gasteiger partial charge in [-0.1, -0.05) is 51.4 Å². The van der Waals surface area contributed by atoms with Gasteiger partial charge in [-0.05, 0) is 42.8 Å². The Morgan fingerprint density at radius 2 is 1.68 bits per heavy atom. The molecule has 0 aliphatic carbocycles. The van der Waals surface area contributed by atoms with Gasteiger partial charge in [0.1, 0.15) is 12.0 Å². The van der Waals surface area contributed by atoms with Crippen molar-refractivity contribution in [3.05, 3.63) is 62.5 Å². The van der Waals surface area contributed by atoms with Crippen molar-refractivity contribution < 1.29 is 9.90 Å². The Kier molecular flexibility index (Phi) is 8.35. The third-order valence-electron chi connectivity index (χ3n) is 2.17. The summed E-state index contributed by atoms with van der Waals surface area (Å²) in [4.78, 5) is 10.3. The number of aldehydes is 1. The lowest BCUT2D eigenvalue weighted by atomic mass is 10.1. The van der Waals surface area contributed by atoms with E-state index in [4.69, 9.17) is 5.11 Å². The van der Waals surface area contributed by atoms with Gasteiger partial charge in [-0.25, -0.2) is 0 Å². The first kappa shape index (κ1) is 17.9. The fourth-order valence-electron chi connectivity index (χ4n) is 1.25. The fourth-order valence-corrected chi connectivity index (χ4v) is 2.11. The molecular weight excluding hydrogens is 372 g/mol. The van der Waals surface area contributed by atoms with E-state index >= 15 is 0 Å². The fraction of sp³-hybridized carbons (Fsp3) is 0.133. The van der Waals surface area contributed by atoms with Crippen LogP contribution in [0.25, 0.3) is 0 Å². The molecule has 0 aliphatic rings. The zero-order valence-corrected chi connectivity index (χ0v) is 12.9. The largest absolute Gasteiger partial charge is 0.508 e. The van der Waals surface area contributed by atoms with E-state index in [-0.39, 0.29) is 7.43 Å². The maximum atomic E-state index is 10.3. The lowest BCUT2D eigenvalue weighted by molar-refractivity contribution is 0.112. The molecule has 0 unspecified atom stereocenters. The van der Waals surface area contributed by atoms with Crippen LogP contribution in [0.3, 0.4) is 0 Å². The van der Waals surface area contributed by atoms with E-state index in [0.717, 1.165) is 26.4 Å². The molecule has 0 saturated heterocycles. The molecule has 2 rings (SSSR count). The molecule has 0 saturated carbocycles. The van der Waals surface area contributed by atoms with Gasteiger partial charge in [0, 0.05) is 14.5 Å². The Morgan fingerprint density at radius 1 is 1.05 bits per heavy atom. The Morgan fingerprint density at radius 3 is 2.11 bits per heavy atom. The van der Waals surface area contributed by atoms with Gasteiger partial charge >= 0.3 is 0 Å². The predicted octanol–water partition coefficient (Wildman–Crippen LogP) is 5.36. The number of benzene rings is 2. The molecule has 0 amide bonds. The van der Waals surface area contributed by atoms with Gasteiger partial charge in [-0.3, -0.25) is 4.79 Å². The first-order valence-electron chi connectivity index (χ1n) is 5.19. The number of phenols is 1. The number of hydrogen-bond acceptors (Lipinski definition) is 2. The third kappa shape index (κ3) is 6.55. The number of aryl methyl sites for hydroxylation is 1. The highest BCUT2D eigenvalue weighted by molar-refractivity contribution is 9.10. The van der Waals surface area contributed by atoms with E-state index in [1.165, 1.54) is 0 Å². The standard InChI is InChI=1S/C8H7BrO.C6H5BrO.CH4/c1-6-4-8(9)3-2-7(6)5-10;7-5-2-1-3-6(8)4-5;/h2-5H,1H3;1-4,8H;1H4. The molecule has 2 nitrogen and oxygen atoms in total. The molecule has 0 aromatic heterocycles. The minimum Gasteiger partial charge on any atom is -0.508 e. The number of aromatic hydroxyl groups is 1. The second kappa shape index (κ2) is 8.88. The van der Waals surface area contributed by atoms with Crippen molar-refractivity contribution in [3.63, 3.8) is 0 Å². The van der Waals surface area contributed by atoms with Crippen LogP contribution in [-0.4, -0.2) is 11.4 Å². The zero-order chi connectivity index (χ0) is 13.5. The molecule has 0 bridgehead atoms. The summed E-state index contributed by atoms with van der Waals surface area (Å²) in [6.45, 7) is 1.91. The second-order valence-electron chi connectivity index (χ2n) is 3.60. The molecule has 0 aliphatic heterocycles. The van der Waals surface area contributed by atoms with E-state index < -0.39 is 0 Å². The van der Waals surface area contributed by atoms with Crippen LogP contribution in [0.1, 0.15) is 23.3 Å². The van der Waals surface area contributed by atoms with Crippen LogP contribution in [-0.2, 0) is 0 Å². The van der Waals surface area contributed by atoms with Gasteiger partial charge in [0.2, 0.25) is 0 Å². The zero-order valence-electron chi connectivity index (χ0n) is 9.73. The van der Waals surface area contributed by atoms with Crippen LogP contribution in [0.15, 0.2) is 51.4 Å². The van der Waals surface area contributed by atoms with E-state index in [0.29, 0.717) is 5.75 Å². The molecule has 102 valence electrons. The Labute approximate surface area is 130 Å². The topological polar surface area (TPSA) is 37.3 Å². The molecule has 2 aromatic rings. The smallest absolute Gasteiger partial charge is 0.150 e. The summed E-state index contributed by atoms with van der Waals surface area (Å²) in [5.74, 6) is 0.291. The van der Waals surface area contributed by atoms with Crippen LogP contribution < -0.4 is 0 Å². The average molecular weight is 388 g/mol. The molecule has 0 spiro atoms. The molecule has 2 aromatic carbocycles. The minimum absolute atomic E-state index is 0. The second-order valence-corrected chi connectivity index (χ2v) is 5.43. The van der Waals surface area contributed by atoms with Gasteiger partial charge < -0.3 is 5.11 Å². The highest BCUT2D eigenvalue weighted by atomic mass is 79.9. The first-order valence-corrected chi connectivity index (χ1v) is 6.77. The van der Waals surface area contributed by atoms with Crippen molar-refractivity contribution in [1.82, 2.24) is 0 Å². The normalized spacial score (nSPS) is 8.79. The highest BCUT2D eigenvalue weighted by Gasteiger charge is 1.94. The molecule has 0 atom stereocenters. The molecular formula is C15H16Br2O2. The van der Waals surface area contributed by atoms with Gasteiger partial charge in [0.25, 0.3) is 0 Å². The summed E-state index contributed by atoms with van der Waals surface area (Å²) in [6, 6.07) is 12.5. The van der Waals surface area contributed by atoms with Crippen molar-refractivity contribution in [3.8, 4) is 5.75 Å². The van der Waals surface area contributed by atoms with Crippen molar-refractivity contribution >= 4 is 38.1 Å². The van der Waals surface area contributed by atoms with E-state index in [2.05, 4.69) is 31.9 Å². The summed E-state index contributed by atoms with van der Waals surface area (Å²) in [6.07, 6.45) is 0.863. The molecule has 0 fully saturated rings. The summed E-state index contributed by atoms with van der Waals surface area (Å²) in [7, 11) is 0. The monoisotopic (exact) mass is 386 g/mol. The number of hydrogen-bond donors (Lipinski definition) is 1. The van der Waals surface area contributed by atoms with Gasteiger partial charge in [0.05, 0.1) is 0 Å². The molecule has 4 heteroatoms. The van der Waals surface area contributed by atoms with Crippen LogP contribution in [0.4, 0.5) is 0 Å². The summed E-state index contributed by atoms with van der Waals surface area (Å²) >= 11 is 6.51. The highest BCUT2D eigenvalue weighted by Crippen LogP contribution is 2.15. The number of rotatable bonds is 1. The van der Waals surface area contributed by atoms with Crippen LogP contribution in [0, 0.1) is 6.92 Å². The maximum Gasteiger partial charge on any atom is 0.150 e. The van der Waals surface area contributed by atoms with Crippen molar-refractivity contribution in [2.45, 2.75) is 14.4 Å². The van der Waals surface area contributed by atoms with E-state index in [9.17, 15) is 4.79 Å². The van der Waals surface area contributed by atoms with Gasteiger partial charge in [0.15, 0.2) is 0 Å². The van der Waals surface area contributed by atoms with Crippen molar-refractivity contribution in [2.24, 2.45) is 0 Å². The number of halogens is 2. The molecule has 0 heterocycles. The summed E-state index contributed by atoms with van der Waals surface area (Å²) in [5, 5.41) is 8.78. The van der Waals surface area contributed by atoms with Gasteiger partial charge in [-0.15, -0.1) is 0 Å². The number of carbonyl (C=O) groups is 1. The van der Waals surface area contributed by atoms with Gasteiger partial charge in [-0.2, -0.15) is 0 Å². The quantitative estimate of drug-likeness (QED) is 0.668. The molecule has 19 heavy (non-hydrogen) atoms. The minimum atomic E-state index is 0. The first-order chi connectivity index (χ1) is 8.52. The maximum absolute atomic E-state index is 10.3. The molecule has 1 N–H and O–H groups in total. The number of phenolic OH excluding ortho intramolecular Hbond substituents is 1. The van der Waals surface area contributed by atoms with E-state index in [1.54, 1.807) is 24.3 Å². The Bertz CT molecular complexity index is 522. The lowest BCUT2D eigenvalue weighted by Crippen LogP contribution is -1.83. The van der Waals surface area contributed by atoms with Crippen LogP contribution in [0.2, 0.25) is 0 Å². The third-order valence-corrected chi connectivity index (χ3v) is 3.15. The number of carbonyl (C=O) groups excluding carboxylic acids is 1. The Hall–Kier alpha value is -1.13. The van der Waals surface area contributed by atoms with Crippen molar-refractivity contribution in [1.29, 1.82) is 0 Å². The van der Waals surface area contributed by atoms with Crippen molar-refractivity contribution in [2.75, 3.05) is 0 Å². The average Bonchev–Trinajstić information content (AvgIpc) is 2.29. The Balaban J connectivity index is 0.000000331. The van der Waals surface area contributed by atoms with Crippen LogP contribution >= 0.6 is 31.9 Å². The van der Waals surface area contributed by atoms with Crippen LogP contribution in [0.5, 0.6) is 5.75 Å². The SMILES string of the molecule is C.Cc1cc(Br)ccc1C=O.Oc1cccc(Br)c1. The lowest BCUT2D eigenvalue weighted by Gasteiger charge is -1.96. The predicted molar refractivity (Wildman–Crippen MR) is 86.8 cm³/mol. The summed E-state index contributed by atoms with van der Waals surface area (Å²) in [5.41, 5.74) is 1.76.